The van der Waals surface area contributed by atoms with E-state index in [2.05, 4.69) is 44.4 Å². The third-order valence-electron chi connectivity index (χ3n) is 8.67. The van der Waals surface area contributed by atoms with E-state index in [0.717, 1.165) is 54.1 Å². The zero-order valence-corrected chi connectivity index (χ0v) is 24.4. The van der Waals surface area contributed by atoms with Gasteiger partial charge < -0.3 is 26.2 Å². The van der Waals surface area contributed by atoms with E-state index in [4.69, 9.17) is 5.73 Å². The van der Waals surface area contributed by atoms with Gasteiger partial charge in [-0.05, 0) is 61.6 Å². The SMILES string of the molecule is Cn1nc(C(=O)NC2NC(CC(=O)N3CCC(N4CCCCC4)CC3)=CS2)c2c1-c1nc(N)ncc1CC2(C)C. The second-order valence-corrected chi connectivity index (χ2v) is 13.0. The first kappa shape index (κ1) is 27.1. The van der Waals surface area contributed by atoms with Crippen LogP contribution in [-0.2, 0) is 23.7 Å². The summed E-state index contributed by atoms with van der Waals surface area (Å²) in [5.41, 5.74) is 9.78. The van der Waals surface area contributed by atoms with Crippen molar-refractivity contribution in [1.82, 2.24) is 40.2 Å². The van der Waals surface area contributed by atoms with Gasteiger partial charge in [-0.3, -0.25) is 14.3 Å². The van der Waals surface area contributed by atoms with E-state index in [1.54, 1.807) is 10.9 Å². The summed E-state index contributed by atoms with van der Waals surface area (Å²) >= 11 is 1.46. The van der Waals surface area contributed by atoms with Crippen LogP contribution in [0, 0.1) is 0 Å². The minimum Gasteiger partial charge on any atom is -0.368 e. The van der Waals surface area contributed by atoms with E-state index in [1.165, 1.54) is 44.1 Å². The first-order chi connectivity index (χ1) is 19.2. The predicted octanol–water partition coefficient (Wildman–Crippen LogP) is 2.35. The van der Waals surface area contributed by atoms with Gasteiger partial charge in [0.05, 0.1) is 17.8 Å². The first-order valence-electron chi connectivity index (χ1n) is 14.3. The van der Waals surface area contributed by atoms with Gasteiger partial charge in [0.1, 0.15) is 0 Å². The van der Waals surface area contributed by atoms with Crippen molar-refractivity contribution in [2.45, 2.75) is 75.7 Å². The molecule has 1 atom stereocenters. The van der Waals surface area contributed by atoms with Crippen LogP contribution in [0.25, 0.3) is 11.4 Å². The maximum absolute atomic E-state index is 13.5. The molecule has 0 saturated carbocycles. The maximum Gasteiger partial charge on any atom is 0.274 e. The number of fused-ring (bicyclic) bond motifs is 3. The third kappa shape index (κ3) is 5.18. The lowest BCUT2D eigenvalue weighted by atomic mass is 9.73. The summed E-state index contributed by atoms with van der Waals surface area (Å²) in [6, 6.07) is 0.615. The van der Waals surface area contributed by atoms with Crippen LogP contribution in [0.4, 0.5) is 5.95 Å². The fraction of sp³-hybridized carbons (Fsp3) is 0.607. The smallest absolute Gasteiger partial charge is 0.274 e. The van der Waals surface area contributed by atoms with E-state index < -0.39 is 0 Å². The van der Waals surface area contributed by atoms with Crippen molar-refractivity contribution in [3.63, 3.8) is 0 Å². The topological polar surface area (TPSA) is 134 Å². The Kier molecular flexibility index (Phi) is 7.24. The summed E-state index contributed by atoms with van der Waals surface area (Å²) in [6.45, 7) is 8.25. The molecule has 0 aromatic carbocycles. The Morgan fingerprint density at radius 3 is 2.67 bits per heavy atom. The molecule has 2 fully saturated rings. The van der Waals surface area contributed by atoms with Gasteiger partial charge in [-0.15, -0.1) is 0 Å². The van der Waals surface area contributed by atoms with Crippen LogP contribution < -0.4 is 16.4 Å². The molecule has 2 amide bonds. The fourth-order valence-corrected chi connectivity index (χ4v) is 7.54. The number of anilines is 1. The summed E-state index contributed by atoms with van der Waals surface area (Å²) in [5.74, 6) is 0.0766. The molecule has 214 valence electrons. The van der Waals surface area contributed by atoms with Crippen LogP contribution in [0.5, 0.6) is 0 Å². The van der Waals surface area contributed by atoms with Gasteiger partial charge in [0.2, 0.25) is 11.9 Å². The van der Waals surface area contributed by atoms with Gasteiger partial charge in [0.25, 0.3) is 5.91 Å². The molecule has 0 spiro atoms. The minimum absolute atomic E-state index is 0.142. The van der Waals surface area contributed by atoms with Crippen molar-refractivity contribution in [1.29, 1.82) is 0 Å². The summed E-state index contributed by atoms with van der Waals surface area (Å²) in [5, 5.41) is 12.9. The maximum atomic E-state index is 13.5. The number of rotatable bonds is 5. The summed E-state index contributed by atoms with van der Waals surface area (Å²) in [4.78, 5) is 39.8. The highest BCUT2D eigenvalue weighted by molar-refractivity contribution is 8.02. The van der Waals surface area contributed by atoms with Crippen molar-refractivity contribution in [3.05, 3.63) is 34.1 Å². The molecule has 12 heteroatoms. The monoisotopic (exact) mass is 565 g/mol. The Morgan fingerprint density at radius 1 is 1.18 bits per heavy atom. The number of amides is 2. The molecule has 0 bridgehead atoms. The number of nitrogens with one attached hydrogen (secondary N) is 2. The fourth-order valence-electron chi connectivity index (χ4n) is 6.69. The first-order valence-corrected chi connectivity index (χ1v) is 15.3. The number of likely N-dealkylation sites (tertiary alicyclic amines) is 2. The molecule has 1 unspecified atom stereocenters. The van der Waals surface area contributed by atoms with Crippen LogP contribution in [0.2, 0.25) is 0 Å². The Bertz CT molecular complexity index is 1340. The van der Waals surface area contributed by atoms with Gasteiger partial charge in [-0.2, -0.15) is 5.10 Å². The molecule has 2 saturated heterocycles. The molecule has 2 aromatic rings. The van der Waals surface area contributed by atoms with E-state index in [9.17, 15) is 9.59 Å². The molecule has 6 rings (SSSR count). The van der Waals surface area contributed by atoms with E-state index >= 15 is 0 Å². The quantitative estimate of drug-likeness (QED) is 0.499. The summed E-state index contributed by atoms with van der Waals surface area (Å²) in [6.07, 6.45) is 8.81. The average molecular weight is 566 g/mol. The van der Waals surface area contributed by atoms with Gasteiger partial charge >= 0.3 is 0 Å². The van der Waals surface area contributed by atoms with Crippen molar-refractivity contribution in [2.24, 2.45) is 7.05 Å². The molecule has 5 heterocycles. The number of carbonyl (C=O) groups excluding carboxylic acids is 2. The number of hydrogen-bond acceptors (Lipinski definition) is 9. The number of aromatic nitrogens is 4. The normalized spacial score (nSPS) is 22.7. The number of nitrogens with two attached hydrogens (primary N) is 1. The van der Waals surface area contributed by atoms with Crippen molar-refractivity contribution >= 4 is 29.5 Å². The molecule has 40 heavy (non-hydrogen) atoms. The molecule has 4 N–H and O–H groups in total. The van der Waals surface area contributed by atoms with Crippen LogP contribution >= 0.6 is 11.8 Å². The van der Waals surface area contributed by atoms with Crippen LogP contribution in [0.1, 0.15) is 74.0 Å². The average Bonchev–Trinajstić information content (AvgIpc) is 3.54. The van der Waals surface area contributed by atoms with Crippen molar-refractivity contribution < 1.29 is 9.59 Å². The van der Waals surface area contributed by atoms with Crippen molar-refractivity contribution in [2.75, 3.05) is 31.9 Å². The van der Waals surface area contributed by atoms with Crippen LogP contribution in [-0.4, -0.2) is 79.1 Å². The Labute approximate surface area is 239 Å². The molecule has 0 radical (unpaired) electrons. The highest BCUT2D eigenvalue weighted by atomic mass is 32.2. The number of thioether (sulfide) groups is 1. The van der Waals surface area contributed by atoms with E-state index in [0.29, 0.717) is 24.6 Å². The number of carbonyl (C=O) groups is 2. The van der Waals surface area contributed by atoms with Crippen molar-refractivity contribution in [3.8, 4) is 11.4 Å². The van der Waals surface area contributed by atoms with Gasteiger partial charge in [0, 0.05) is 43.6 Å². The van der Waals surface area contributed by atoms with Crippen LogP contribution in [0.15, 0.2) is 17.3 Å². The zero-order chi connectivity index (χ0) is 28.0. The molecule has 4 aliphatic rings. The van der Waals surface area contributed by atoms with Gasteiger partial charge in [0.15, 0.2) is 11.2 Å². The Hall–Kier alpha value is -3.12. The molecular formula is C28H39N9O2S. The molecule has 1 aliphatic carbocycles. The zero-order valence-electron chi connectivity index (χ0n) is 23.6. The highest BCUT2D eigenvalue weighted by Gasteiger charge is 2.40. The highest BCUT2D eigenvalue weighted by Crippen LogP contribution is 2.43. The predicted molar refractivity (Wildman–Crippen MR) is 155 cm³/mol. The largest absolute Gasteiger partial charge is 0.368 e. The van der Waals surface area contributed by atoms with Gasteiger partial charge in [-0.1, -0.05) is 32.0 Å². The third-order valence-corrected chi connectivity index (χ3v) is 9.60. The second kappa shape index (κ2) is 10.7. The lowest BCUT2D eigenvalue weighted by Crippen LogP contribution is -2.48. The number of nitrogens with zero attached hydrogens (tertiary/aromatic N) is 6. The van der Waals surface area contributed by atoms with E-state index in [1.807, 2.05) is 17.4 Å². The van der Waals surface area contributed by atoms with Gasteiger partial charge in [-0.25, -0.2) is 9.97 Å². The summed E-state index contributed by atoms with van der Waals surface area (Å²) in [7, 11) is 1.82. The lowest BCUT2D eigenvalue weighted by molar-refractivity contribution is -0.132. The molecule has 3 aliphatic heterocycles. The molecular weight excluding hydrogens is 526 g/mol. The summed E-state index contributed by atoms with van der Waals surface area (Å²) < 4.78 is 1.71. The number of piperidine rings is 2. The standard InChI is InChI=1S/C28H39N9O2S/c1-28(2)14-17-15-30-26(29)32-22(17)24-21(28)23(34-35(24)3)25(39)33-27-31-18(16-40-27)13-20(38)37-11-7-19(8-12-37)36-9-5-4-6-10-36/h15-16,19,27,31H,4-14H2,1-3H3,(H,33,39)(H2,29,30,32). The minimum atomic E-state index is -0.366. The molecule has 2 aromatic heterocycles. The van der Waals surface area contributed by atoms with E-state index in [-0.39, 0.29) is 28.7 Å². The Balaban J connectivity index is 1.06. The van der Waals surface area contributed by atoms with Crippen LogP contribution in [0.3, 0.4) is 0 Å². The molecule has 11 nitrogen and oxygen atoms in total. The second-order valence-electron chi connectivity index (χ2n) is 12.0. The lowest BCUT2D eigenvalue weighted by Gasteiger charge is -2.40. The number of hydrogen-bond donors (Lipinski definition) is 3. The Morgan fingerprint density at radius 2 is 1.93 bits per heavy atom. The number of aryl methyl sites for hydroxylation is 1. The number of nitrogen functional groups attached to an aromatic ring is 1.